The molecule has 0 aliphatic heterocycles. The quantitative estimate of drug-likeness (QED) is 0.791. The van der Waals surface area contributed by atoms with E-state index in [1.54, 1.807) is 11.8 Å². The van der Waals surface area contributed by atoms with Crippen molar-refractivity contribution in [1.82, 2.24) is 9.78 Å². The second-order valence-electron chi connectivity index (χ2n) is 5.05. The first-order valence-corrected chi connectivity index (χ1v) is 8.04. The molecule has 1 atom stereocenters. The standard InChI is InChI=1S/C16H20N2O2S/c1-3-12(2)18-9-8-14(17-18)11-21-15-6-4-13(5-7-15)10-16(19)20/h4-9,12H,3,10-11H2,1-2H3,(H,19,20). The summed E-state index contributed by atoms with van der Waals surface area (Å²) in [5.74, 6) is 0.0211. The van der Waals surface area contributed by atoms with Crippen LogP contribution in [0.15, 0.2) is 41.4 Å². The van der Waals surface area contributed by atoms with Crippen LogP contribution in [-0.2, 0) is 17.0 Å². The molecule has 112 valence electrons. The first kappa shape index (κ1) is 15.6. The van der Waals surface area contributed by atoms with Crippen LogP contribution in [0.25, 0.3) is 0 Å². The van der Waals surface area contributed by atoms with Crippen LogP contribution in [0, 0.1) is 0 Å². The molecule has 0 aliphatic carbocycles. The number of nitrogens with zero attached hydrogens (tertiary/aromatic N) is 2. The Morgan fingerprint density at radius 3 is 2.67 bits per heavy atom. The van der Waals surface area contributed by atoms with Gasteiger partial charge in [-0.05, 0) is 37.1 Å². The van der Waals surface area contributed by atoms with Crippen molar-refractivity contribution in [1.29, 1.82) is 0 Å². The van der Waals surface area contributed by atoms with Gasteiger partial charge in [-0.1, -0.05) is 19.1 Å². The van der Waals surface area contributed by atoms with E-state index in [1.165, 1.54) is 0 Å². The van der Waals surface area contributed by atoms with E-state index in [1.807, 2.05) is 35.1 Å². The molecule has 0 fully saturated rings. The normalized spacial score (nSPS) is 12.3. The predicted molar refractivity (Wildman–Crippen MR) is 84.6 cm³/mol. The number of carbonyl (C=O) groups is 1. The lowest BCUT2D eigenvalue weighted by atomic mass is 10.2. The molecule has 1 unspecified atom stereocenters. The molecule has 0 amide bonds. The average Bonchev–Trinajstić information content (AvgIpc) is 2.94. The van der Waals surface area contributed by atoms with Crippen molar-refractivity contribution in [3.63, 3.8) is 0 Å². The van der Waals surface area contributed by atoms with Gasteiger partial charge in [-0.3, -0.25) is 9.48 Å². The third kappa shape index (κ3) is 4.63. The Labute approximate surface area is 129 Å². The Bertz CT molecular complexity index is 593. The lowest BCUT2D eigenvalue weighted by Crippen LogP contribution is -2.04. The molecule has 1 heterocycles. The Hall–Kier alpha value is -1.75. The van der Waals surface area contributed by atoms with Crippen LogP contribution in [0.5, 0.6) is 0 Å². The van der Waals surface area contributed by atoms with Crippen LogP contribution in [0.2, 0.25) is 0 Å². The Morgan fingerprint density at radius 2 is 2.05 bits per heavy atom. The van der Waals surface area contributed by atoms with Crippen molar-refractivity contribution < 1.29 is 9.90 Å². The fraction of sp³-hybridized carbons (Fsp3) is 0.375. The third-order valence-electron chi connectivity index (χ3n) is 3.37. The molecule has 1 aromatic carbocycles. The monoisotopic (exact) mass is 304 g/mol. The minimum absolute atomic E-state index is 0.0737. The van der Waals surface area contributed by atoms with E-state index in [-0.39, 0.29) is 6.42 Å². The number of hydrogen-bond donors (Lipinski definition) is 1. The average molecular weight is 304 g/mol. The molecule has 0 bridgehead atoms. The molecule has 21 heavy (non-hydrogen) atoms. The molecule has 4 nitrogen and oxygen atoms in total. The van der Waals surface area contributed by atoms with Crippen LogP contribution in [0.4, 0.5) is 0 Å². The van der Waals surface area contributed by atoms with E-state index in [0.29, 0.717) is 6.04 Å². The highest BCUT2D eigenvalue weighted by atomic mass is 32.2. The highest BCUT2D eigenvalue weighted by molar-refractivity contribution is 7.98. The van der Waals surface area contributed by atoms with Gasteiger partial charge in [0.2, 0.25) is 0 Å². The van der Waals surface area contributed by atoms with Crippen molar-refractivity contribution in [2.45, 2.75) is 43.4 Å². The second-order valence-corrected chi connectivity index (χ2v) is 6.10. The SMILES string of the molecule is CCC(C)n1ccc(CSc2ccc(CC(=O)O)cc2)n1. The summed E-state index contributed by atoms with van der Waals surface area (Å²) in [5.41, 5.74) is 1.89. The van der Waals surface area contributed by atoms with Crippen LogP contribution >= 0.6 is 11.8 Å². The number of aliphatic carboxylic acids is 1. The molecule has 1 N–H and O–H groups in total. The number of aromatic nitrogens is 2. The van der Waals surface area contributed by atoms with Crippen LogP contribution in [-0.4, -0.2) is 20.9 Å². The number of rotatable bonds is 7. The highest BCUT2D eigenvalue weighted by Crippen LogP contribution is 2.23. The van der Waals surface area contributed by atoms with Gasteiger partial charge < -0.3 is 5.11 Å². The maximum absolute atomic E-state index is 10.6. The minimum atomic E-state index is -0.800. The summed E-state index contributed by atoms with van der Waals surface area (Å²) in [7, 11) is 0. The van der Waals surface area contributed by atoms with E-state index in [0.717, 1.165) is 28.3 Å². The summed E-state index contributed by atoms with van der Waals surface area (Å²) in [4.78, 5) is 11.8. The van der Waals surface area contributed by atoms with Crippen molar-refractivity contribution in [3.8, 4) is 0 Å². The van der Waals surface area contributed by atoms with Gasteiger partial charge in [-0.15, -0.1) is 11.8 Å². The van der Waals surface area contributed by atoms with Gasteiger partial charge >= 0.3 is 5.97 Å². The number of hydrogen-bond acceptors (Lipinski definition) is 3. The van der Waals surface area contributed by atoms with Crippen molar-refractivity contribution in [2.24, 2.45) is 0 Å². The zero-order valence-electron chi connectivity index (χ0n) is 12.3. The number of thioether (sulfide) groups is 1. The molecular weight excluding hydrogens is 284 g/mol. The van der Waals surface area contributed by atoms with E-state index >= 15 is 0 Å². The Morgan fingerprint density at radius 1 is 1.33 bits per heavy atom. The van der Waals surface area contributed by atoms with Crippen molar-refractivity contribution >= 4 is 17.7 Å². The molecule has 1 aromatic heterocycles. The number of carboxylic acids is 1. The molecule has 0 saturated heterocycles. The molecule has 5 heteroatoms. The van der Waals surface area contributed by atoms with Crippen LogP contribution < -0.4 is 0 Å². The zero-order valence-corrected chi connectivity index (χ0v) is 13.1. The fourth-order valence-corrected chi connectivity index (χ4v) is 2.72. The molecule has 0 spiro atoms. The lowest BCUT2D eigenvalue weighted by Gasteiger charge is -2.08. The van der Waals surface area contributed by atoms with Gasteiger partial charge in [0, 0.05) is 22.9 Å². The molecule has 2 aromatic rings. The fourth-order valence-electron chi connectivity index (χ4n) is 1.92. The molecule has 0 saturated carbocycles. The van der Waals surface area contributed by atoms with Crippen molar-refractivity contribution in [3.05, 3.63) is 47.8 Å². The minimum Gasteiger partial charge on any atom is -0.481 e. The van der Waals surface area contributed by atoms with E-state index in [2.05, 4.69) is 25.0 Å². The molecule has 0 radical (unpaired) electrons. The molecule has 2 rings (SSSR count). The smallest absolute Gasteiger partial charge is 0.307 e. The largest absolute Gasteiger partial charge is 0.481 e. The van der Waals surface area contributed by atoms with Gasteiger partial charge in [0.05, 0.1) is 12.1 Å². The summed E-state index contributed by atoms with van der Waals surface area (Å²) in [5, 5.41) is 13.3. The zero-order chi connectivity index (χ0) is 15.2. The number of benzene rings is 1. The summed E-state index contributed by atoms with van der Waals surface area (Å²) < 4.78 is 2.01. The maximum Gasteiger partial charge on any atom is 0.307 e. The van der Waals surface area contributed by atoms with E-state index in [9.17, 15) is 4.79 Å². The summed E-state index contributed by atoms with van der Waals surface area (Å²) in [6.07, 6.45) is 3.17. The topological polar surface area (TPSA) is 55.1 Å². The van der Waals surface area contributed by atoms with Crippen molar-refractivity contribution in [2.75, 3.05) is 0 Å². The van der Waals surface area contributed by atoms with Crippen LogP contribution in [0.3, 0.4) is 0 Å². The van der Waals surface area contributed by atoms with Gasteiger partial charge in [0.25, 0.3) is 0 Å². The molecule has 0 aliphatic rings. The van der Waals surface area contributed by atoms with Gasteiger partial charge in [0.15, 0.2) is 0 Å². The first-order valence-electron chi connectivity index (χ1n) is 7.06. The van der Waals surface area contributed by atoms with E-state index in [4.69, 9.17) is 5.11 Å². The lowest BCUT2D eigenvalue weighted by molar-refractivity contribution is -0.136. The first-order chi connectivity index (χ1) is 10.1. The Balaban J connectivity index is 1.90. The second kappa shape index (κ2) is 7.31. The van der Waals surface area contributed by atoms with Gasteiger partial charge in [-0.25, -0.2) is 0 Å². The van der Waals surface area contributed by atoms with Crippen LogP contribution in [0.1, 0.15) is 37.6 Å². The predicted octanol–water partition coefficient (Wildman–Crippen LogP) is 3.77. The summed E-state index contributed by atoms with van der Waals surface area (Å²) in [6, 6.07) is 10.2. The third-order valence-corrected chi connectivity index (χ3v) is 4.42. The highest BCUT2D eigenvalue weighted by Gasteiger charge is 2.05. The maximum atomic E-state index is 10.6. The van der Waals surface area contributed by atoms with E-state index < -0.39 is 5.97 Å². The molecular formula is C16H20N2O2S. The summed E-state index contributed by atoms with van der Waals surface area (Å²) in [6.45, 7) is 4.31. The van der Waals surface area contributed by atoms with Gasteiger partial charge in [0.1, 0.15) is 0 Å². The Kier molecular flexibility index (Phi) is 5.44. The summed E-state index contributed by atoms with van der Waals surface area (Å²) >= 11 is 1.71. The van der Waals surface area contributed by atoms with Gasteiger partial charge in [-0.2, -0.15) is 5.10 Å². The number of carboxylic acid groups (broad SMARTS) is 1.